The number of rotatable bonds is 0. The molecule has 2 bridgehead atoms. The van der Waals surface area contributed by atoms with Crippen molar-refractivity contribution in [2.45, 2.75) is 48.8 Å². The Hall–Kier alpha value is -1.59. The fraction of sp³-hybridized carbons (Fsp3) is 0.562. The molecule has 1 spiro atoms. The highest BCUT2D eigenvalue weighted by Crippen LogP contribution is 2.63. The van der Waals surface area contributed by atoms with E-state index in [0.29, 0.717) is 31.4 Å². The van der Waals surface area contributed by atoms with Gasteiger partial charge < -0.3 is 20.3 Å². The van der Waals surface area contributed by atoms with Crippen molar-refractivity contribution in [3.05, 3.63) is 23.3 Å². The number of Topliss-reactive ketones (excluding diaryl/α,β-unsaturated/α-hetero) is 1. The summed E-state index contributed by atoms with van der Waals surface area (Å²) in [6, 6.07) is 3.49. The fourth-order valence-electron chi connectivity index (χ4n) is 5.22. The molecule has 4 atom stereocenters. The minimum absolute atomic E-state index is 0.0452. The zero-order valence-corrected chi connectivity index (χ0v) is 11.6. The van der Waals surface area contributed by atoms with Crippen LogP contribution in [0.15, 0.2) is 12.1 Å². The van der Waals surface area contributed by atoms with Crippen LogP contribution >= 0.6 is 0 Å². The minimum atomic E-state index is -0.962. The Labute approximate surface area is 121 Å². The molecule has 5 heteroatoms. The van der Waals surface area contributed by atoms with Crippen molar-refractivity contribution in [1.29, 1.82) is 0 Å². The van der Waals surface area contributed by atoms with Crippen LogP contribution in [0.2, 0.25) is 0 Å². The molecule has 1 saturated heterocycles. The van der Waals surface area contributed by atoms with Crippen LogP contribution in [0.25, 0.3) is 0 Å². The zero-order chi connectivity index (χ0) is 14.4. The van der Waals surface area contributed by atoms with Crippen molar-refractivity contribution in [2.75, 3.05) is 6.54 Å². The van der Waals surface area contributed by atoms with E-state index in [1.54, 1.807) is 6.07 Å². The van der Waals surface area contributed by atoms with E-state index in [2.05, 4.69) is 5.32 Å². The third-order valence-electron chi connectivity index (χ3n) is 6.08. The van der Waals surface area contributed by atoms with Gasteiger partial charge in [0.05, 0.1) is 11.0 Å². The summed E-state index contributed by atoms with van der Waals surface area (Å²) in [5.74, 6) is 0.542. The van der Waals surface area contributed by atoms with E-state index in [1.807, 2.05) is 6.07 Å². The lowest BCUT2D eigenvalue weighted by Gasteiger charge is -2.59. The van der Waals surface area contributed by atoms with E-state index in [-0.39, 0.29) is 17.6 Å². The first-order chi connectivity index (χ1) is 10.1. The van der Waals surface area contributed by atoms with Crippen LogP contribution in [-0.4, -0.2) is 40.3 Å². The van der Waals surface area contributed by atoms with Gasteiger partial charge in [-0.05, 0) is 37.4 Å². The van der Waals surface area contributed by atoms with Crippen LogP contribution in [0.5, 0.6) is 11.5 Å². The second kappa shape index (κ2) is 3.42. The predicted octanol–water partition coefficient (Wildman–Crippen LogP) is 0.403. The van der Waals surface area contributed by atoms with Crippen molar-refractivity contribution in [3.8, 4) is 11.5 Å². The second-order valence-electron chi connectivity index (χ2n) is 6.77. The molecule has 4 aliphatic rings. The molecule has 1 unspecified atom stereocenters. The number of hydrogen-bond acceptors (Lipinski definition) is 5. The smallest absolute Gasteiger partial charge is 0.174 e. The van der Waals surface area contributed by atoms with Gasteiger partial charge in [0.15, 0.2) is 23.4 Å². The van der Waals surface area contributed by atoms with Crippen molar-refractivity contribution >= 4 is 5.78 Å². The number of aliphatic hydroxyl groups is 1. The number of ketones is 1. The Morgan fingerprint density at radius 1 is 1.33 bits per heavy atom. The summed E-state index contributed by atoms with van der Waals surface area (Å²) in [4.78, 5) is 12.4. The molecule has 2 aliphatic carbocycles. The Balaban J connectivity index is 1.89. The molecule has 1 aromatic carbocycles. The molecule has 0 radical (unpaired) electrons. The Kier molecular flexibility index (Phi) is 1.95. The highest BCUT2D eigenvalue weighted by atomic mass is 16.5. The number of benzene rings is 1. The third kappa shape index (κ3) is 1.09. The van der Waals surface area contributed by atoms with Gasteiger partial charge in [0.1, 0.15) is 0 Å². The first-order valence-corrected chi connectivity index (χ1v) is 7.58. The molecule has 2 aliphatic heterocycles. The first kappa shape index (κ1) is 12.0. The standard InChI is InChI=1S/C16H17NO4/c18-9-2-1-8-7-11-16(20)4-3-10(19)14-15(16,5-6-17-11)12(8)13(9)21-14/h1-2,11,14,17-18,20H,3-7H2/t11?,14-,15-,16+/m1/s1. The van der Waals surface area contributed by atoms with Crippen LogP contribution in [0.3, 0.4) is 0 Å². The topological polar surface area (TPSA) is 78.8 Å². The fourth-order valence-corrected chi connectivity index (χ4v) is 5.22. The normalized spacial score (nSPS) is 42.4. The number of aromatic hydroxyl groups is 1. The second-order valence-corrected chi connectivity index (χ2v) is 6.77. The summed E-state index contributed by atoms with van der Waals surface area (Å²) in [7, 11) is 0. The molecule has 5 nitrogen and oxygen atoms in total. The minimum Gasteiger partial charge on any atom is -0.504 e. The lowest BCUT2D eigenvalue weighted by molar-refractivity contribution is -0.166. The maximum absolute atomic E-state index is 12.4. The molecule has 5 rings (SSSR count). The van der Waals surface area contributed by atoms with Crippen molar-refractivity contribution < 1.29 is 19.7 Å². The third-order valence-corrected chi connectivity index (χ3v) is 6.08. The van der Waals surface area contributed by atoms with E-state index in [0.717, 1.165) is 17.7 Å². The average molecular weight is 287 g/mol. The zero-order valence-electron chi connectivity index (χ0n) is 11.6. The number of piperidine rings is 1. The molecule has 21 heavy (non-hydrogen) atoms. The van der Waals surface area contributed by atoms with E-state index in [1.165, 1.54) is 0 Å². The van der Waals surface area contributed by atoms with Gasteiger partial charge in [0, 0.05) is 18.0 Å². The Bertz CT molecular complexity index is 687. The summed E-state index contributed by atoms with van der Waals surface area (Å²) in [6.07, 6.45) is 1.54. The summed E-state index contributed by atoms with van der Waals surface area (Å²) in [6.45, 7) is 0.759. The predicted molar refractivity (Wildman–Crippen MR) is 73.5 cm³/mol. The summed E-state index contributed by atoms with van der Waals surface area (Å²) in [5.41, 5.74) is 0.332. The number of carbonyl (C=O) groups is 1. The summed E-state index contributed by atoms with van der Waals surface area (Å²) < 4.78 is 5.90. The molecule has 0 amide bonds. The monoisotopic (exact) mass is 287 g/mol. The van der Waals surface area contributed by atoms with Crippen LogP contribution in [0, 0.1) is 0 Å². The van der Waals surface area contributed by atoms with Crippen molar-refractivity contribution in [2.24, 2.45) is 0 Å². The molecule has 2 fully saturated rings. The van der Waals surface area contributed by atoms with Gasteiger partial charge in [-0.3, -0.25) is 4.79 Å². The number of nitrogens with one attached hydrogen (secondary N) is 1. The van der Waals surface area contributed by atoms with Gasteiger partial charge in [-0.15, -0.1) is 0 Å². The van der Waals surface area contributed by atoms with E-state index in [4.69, 9.17) is 4.74 Å². The van der Waals surface area contributed by atoms with Crippen LogP contribution in [0.1, 0.15) is 30.4 Å². The quantitative estimate of drug-likeness (QED) is 0.644. The first-order valence-electron chi connectivity index (χ1n) is 7.58. The molecule has 110 valence electrons. The highest BCUT2D eigenvalue weighted by molar-refractivity contribution is 5.90. The molecular weight excluding hydrogens is 270 g/mol. The molecule has 1 aromatic rings. The lowest BCUT2D eigenvalue weighted by atomic mass is 9.49. The molecule has 2 heterocycles. The molecule has 0 aromatic heterocycles. The SMILES string of the molecule is O=C1CC[C@]2(O)C3Cc4ccc(O)c5c4[C@]2(CCN3)[C@@H]1O5. The number of carbonyl (C=O) groups excluding carboxylic acids is 1. The maximum Gasteiger partial charge on any atom is 0.174 e. The van der Waals surface area contributed by atoms with Gasteiger partial charge in [-0.1, -0.05) is 6.07 Å². The van der Waals surface area contributed by atoms with E-state index < -0.39 is 17.1 Å². The number of ether oxygens (including phenoxy) is 1. The largest absolute Gasteiger partial charge is 0.504 e. The Morgan fingerprint density at radius 2 is 2.19 bits per heavy atom. The highest BCUT2D eigenvalue weighted by Gasteiger charge is 2.71. The van der Waals surface area contributed by atoms with Crippen LogP contribution < -0.4 is 10.1 Å². The van der Waals surface area contributed by atoms with Gasteiger partial charge in [-0.2, -0.15) is 0 Å². The van der Waals surface area contributed by atoms with Crippen LogP contribution in [0.4, 0.5) is 0 Å². The van der Waals surface area contributed by atoms with Gasteiger partial charge in [0.25, 0.3) is 0 Å². The van der Waals surface area contributed by atoms with Gasteiger partial charge >= 0.3 is 0 Å². The molecule has 3 N–H and O–H groups in total. The summed E-state index contributed by atoms with van der Waals surface area (Å²) >= 11 is 0. The average Bonchev–Trinajstić information content (AvgIpc) is 2.80. The molecule has 1 saturated carbocycles. The number of hydrogen-bond donors (Lipinski definition) is 3. The molecular formula is C16H17NO4. The summed E-state index contributed by atoms with van der Waals surface area (Å²) in [5, 5.41) is 25.0. The van der Waals surface area contributed by atoms with Gasteiger partial charge in [-0.25, -0.2) is 0 Å². The number of phenolic OH excluding ortho intramolecular Hbond substituents is 1. The maximum atomic E-state index is 12.4. The van der Waals surface area contributed by atoms with E-state index >= 15 is 0 Å². The van der Waals surface area contributed by atoms with Crippen LogP contribution in [-0.2, 0) is 16.6 Å². The lowest BCUT2D eigenvalue weighted by Crippen LogP contribution is -2.76. The van der Waals surface area contributed by atoms with Crippen molar-refractivity contribution in [3.63, 3.8) is 0 Å². The van der Waals surface area contributed by atoms with Crippen molar-refractivity contribution in [1.82, 2.24) is 5.32 Å². The van der Waals surface area contributed by atoms with E-state index in [9.17, 15) is 15.0 Å². The number of phenols is 1. The Morgan fingerprint density at radius 3 is 3.05 bits per heavy atom. The van der Waals surface area contributed by atoms with Gasteiger partial charge in [0.2, 0.25) is 0 Å².